The molecule has 118 valence electrons. The largest absolute Gasteiger partial charge is 0.335 e. The van der Waals surface area contributed by atoms with Gasteiger partial charge in [0.15, 0.2) is 0 Å². The number of halogens is 2. The van der Waals surface area contributed by atoms with Crippen LogP contribution in [-0.4, -0.2) is 34.6 Å². The summed E-state index contributed by atoms with van der Waals surface area (Å²) in [5, 5.41) is 0.547. The van der Waals surface area contributed by atoms with E-state index in [2.05, 4.69) is 4.72 Å². The highest BCUT2D eigenvalue weighted by atomic mass is 35.5. The molecular weight excluding hydrogens is 331 g/mol. The fraction of sp³-hybridized carbons (Fsp3) is 0.571. The van der Waals surface area contributed by atoms with Crippen LogP contribution in [-0.2, 0) is 10.0 Å². The summed E-state index contributed by atoms with van der Waals surface area (Å²) in [6.45, 7) is 3.83. The minimum absolute atomic E-state index is 0.0435. The van der Waals surface area contributed by atoms with Gasteiger partial charge in [0.2, 0.25) is 10.0 Å². The average Bonchev–Trinajstić information content (AvgIpc) is 2.47. The highest BCUT2D eigenvalue weighted by Gasteiger charge is 2.18. The molecule has 0 aromatic heterocycles. The number of rotatable bonds is 6. The van der Waals surface area contributed by atoms with Crippen molar-refractivity contribution in [2.45, 2.75) is 30.6 Å². The van der Waals surface area contributed by atoms with Gasteiger partial charge >= 0.3 is 0 Å². The van der Waals surface area contributed by atoms with Crippen molar-refractivity contribution in [3.8, 4) is 0 Å². The van der Waals surface area contributed by atoms with E-state index in [4.69, 9.17) is 23.2 Å². The zero-order valence-electron chi connectivity index (χ0n) is 11.9. The van der Waals surface area contributed by atoms with Gasteiger partial charge in [-0.3, -0.25) is 0 Å². The van der Waals surface area contributed by atoms with Crippen LogP contribution in [0.5, 0.6) is 0 Å². The van der Waals surface area contributed by atoms with E-state index in [0.717, 1.165) is 13.0 Å². The zero-order chi connectivity index (χ0) is 15.3. The molecule has 0 saturated carbocycles. The molecule has 0 atom stereocenters. The Hall–Kier alpha value is -0.330. The van der Waals surface area contributed by atoms with Crippen LogP contribution in [0.1, 0.15) is 25.7 Å². The van der Waals surface area contributed by atoms with Crippen molar-refractivity contribution in [2.75, 3.05) is 26.2 Å². The molecular formula is C14H21Cl2N2O2S+. The smallest absolute Gasteiger partial charge is 0.242 e. The van der Waals surface area contributed by atoms with Crippen molar-refractivity contribution in [1.82, 2.24) is 4.72 Å². The van der Waals surface area contributed by atoms with Gasteiger partial charge in [-0.05, 0) is 37.5 Å². The van der Waals surface area contributed by atoms with Gasteiger partial charge in [0.1, 0.15) is 4.90 Å². The summed E-state index contributed by atoms with van der Waals surface area (Å²) in [6.07, 6.45) is 4.70. The van der Waals surface area contributed by atoms with Crippen LogP contribution >= 0.6 is 23.2 Å². The summed E-state index contributed by atoms with van der Waals surface area (Å²) in [4.78, 5) is 1.61. The third-order valence-electron chi connectivity index (χ3n) is 3.74. The Kier molecular flexibility index (Phi) is 6.32. The molecule has 1 aromatic rings. The first kappa shape index (κ1) is 17.0. The van der Waals surface area contributed by atoms with Crippen LogP contribution in [0.15, 0.2) is 23.1 Å². The monoisotopic (exact) mass is 351 g/mol. The molecule has 0 radical (unpaired) electrons. The maximum atomic E-state index is 12.2. The highest BCUT2D eigenvalue weighted by Crippen LogP contribution is 2.24. The number of hydrogen-bond acceptors (Lipinski definition) is 2. The van der Waals surface area contributed by atoms with E-state index < -0.39 is 10.0 Å². The van der Waals surface area contributed by atoms with Crippen LogP contribution in [0.2, 0.25) is 10.0 Å². The van der Waals surface area contributed by atoms with Gasteiger partial charge < -0.3 is 4.90 Å². The lowest BCUT2D eigenvalue weighted by Gasteiger charge is -2.23. The summed E-state index contributed by atoms with van der Waals surface area (Å²) in [5.74, 6) is 0. The van der Waals surface area contributed by atoms with Crippen LogP contribution in [0.3, 0.4) is 0 Å². The van der Waals surface area contributed by atoms with E-state index in [1.165, 1.54) is 44.5 Å². The van der Waals surface area contributed by atoms with E-state index in [0.29, 0.717) is 11.6 Å². The summed E-state index contributed by atoms with van der Waals surface area (Å²) in [5.41, 5.74) is 0. The number of sulfonamides is 1. The molecule has 1 aliphatic rings. The lowest BCUT2D eigenvalue weighted by atomic mass is 10.1. The third kappa shape index (κ3) is 5.11. The highest BCUT2D eigenvalue weighted by molar-refractivity contribution is 7.89. The molecule has 1 heterocycles. The zero-order valence-corrected chi connectivity index (χ0v) is 14.2. The molecule has 2 rings (SSSR count). The summed E-state index contributed by atoms with van der Waals surface area (Å²) in [6, 6.07) is 4.45. The summed E-state index contributed by atoms with van der Waals surface area (Å²) >= 11 is 11.8. The molecule has 1 aliphatic heterocycles. The summed E-state index contributed by atoms with van der Waals surface area (Å²) in [7, 11) is -3.59. The number of piperidine rings is 1. The maximum absolute atomic E-state index is 12.2. The van der Waals surface area contributed by atoms with E-state index in [-0.39, 0.29) is 9.92 Å². The number of quaternary nitrogens is 1. The van der Waals surface area contributed by atoms with Crippen molar-refractivity contribution < 1.29 is 13.3 Å². The number of hydrogen-bond donors (Lipinski definition) is 2. The number of nitrogens with one attached hydrogen (secondary N) is 2. The summed E-state index contributed by atoms with van der Waals surface area (Å²) < 4.78 is 27.0. The SMILES string of the molecule is O=S(=O)(NCCC[NH+]1CCCCC1)c1cc(Cl)ccc1Cl. The van der Waals surface area contributed by atoms with Crippen molar-refractivity contribution >= 4 is 33.2 Å². The Balaban J connectivity index is 1.85. The second-order valence-corrected chi connectivity index (χ2v) is 7.97. The lowest BCUT2D eigenvalue weighted by molar-refractivity contribution is -0.904. The quantitative estimate of drug-likeness (QED) is 0.767. The molecule has 7 heteroatoms. The average molecular weight is 352 g/mol. The predicted molar refractivity (Wildman–Crippen MR) is 85.7 cm³/mol. The molecule has 2 N–H and O–H groups in total. The van der Waals surface area contributed by atoms with E-state index in [1.807, 2.05) is 0 Å². The van der Waals surface area contributed by atoms with Gasteiger partial charge in [-0.2, -0.15) is 0 Å². The second-order valence-electron chi connectivity index (χ2n) is 5.39. The molecule has 0 bridgehead atoms. The minimum Gasteiger partial charge on any atom is -0.335 e. The minimum atomic E-state index is -3.59. The van der Waals surface area contributed by atoms with Gasteiger partial charge in [-0.15, -0.1) is 0 Å². The van der Waals surface area contributed by atoms with E-state index in [1.54, 1.807) is 11.0 Å². The van der Waals surface area contributed by atoms with Crippen LogP contribution in [0.4, 0.5) is 0 Å². The van der Waals surface area contributed by atoms with Gasteiger partial charge in [0.05, 0.1) is 24.7 Å². The molecule has 4 nitrogen and oxygen atoms in total. The van der Waals surface area contributed by atoms with Gasteiger partial charge in [0.25, 0.3) is 0 Å². The van der Waals surface area contributed by atoms with Gasteiger partial charge in [-0.1, -0.05) is 23.2 Å². The predicted octanol–water partition coefficient (Wildman–Crippen LogP) is 1.73. The van der Waals surface area contributed by atoms with Gasteiger partial charge in [0, 0.05) is 18.0 Å². The van der Waals surface area contributed by atoms with Crippen molar-refractivity contribution in [3.05, 3.63) is 28.2 Å². The molecule has 0 aliphatic carbocycles. The normalized spacial score (nSPS) is 17.0. The van der Waals surface area contributed by atoms with Crippen molar-refractivity contribution in [3.63, 3.8) is 0 Å². The molecule has 0 spiro atoms. The molecule has 1 saturated heterocycles. The Bertz CT molecular complexity index is 572. The fourth-order valence-corrected chi connectivity index (χ4v) is 4.44. The molecule has 1 fully saturated rings. The Labute approximate surface area is 136 Å². The van der Waals surface area contributed by atoms with Crippen molar-refractivity contribution in [2.24, 2.45) is 0 Å². The van der Waals surface area contributed by atoms with Crippen LogP contribution < -0.4 is 9.62 Å². The van der Waals surface area contributed by atoms with E-state index >= 15 is 0 Å². The molecule has 0 unspecified atom stereocenters. The Morgan fingerprint density at radius 2 is 1.86 bits per heavy atom. The molecule has 0 amide bonds. The molecule has 21 heavy (non-hydrogen) atoms. The lowest BCUT2D eigenvalue weighted by Crippen LogP contribution is -3.12. The van der Waals surface area contributed by atoms with Crippen molar-refractivity contribution in [1.29, 1.82) is 0 Å². The Morgan fingerprint density at radius 1 is 1.14 bits per heavy atom. The first-order valence-electron chi connectivity index (χ1n) is 7.27. The second kappa shape index (κ2) is 7.79. The third-order valence-corrected chi connectivity index (χ3v) is 5.92. The van der Waals surface area contributed by atoms with E-state index in [9.17, 15) is 8.42 Å². The molecule has 1 aromatic carbocycles. The number of benzene rings is 1. The van der Waals surface area contributed by atoms with Crippen LogP contribution in [0, 0.1) is 0 Å². The Morgan fingerprint density at radius 3 is 2.57 bits per heavy atom. The first-order chi connectivity index (χ1) is 9.99. The standard InChI is InChI=1S/C14H20Cl2N2O2S/c15-12-5-6-13(16)14(11-12)21(19,20)17-7-4-10-18-8-2-1-3-9-18/h5-6,11,17H,1-4,7-10H2/p+1. The first-order valence-corrected chi connectivity index (χ1v) is 9.51. The van der Waals surface area contributed by atoms with Crippen LogP contribution in [0.25, 0.3) is 0 Å². The topological polar surface area (TPSA) is 50.6 Å². The fourth-order valence-electron chi connectivity index (χ4n) is 2.61. The number of likely N-dealkylation sites (tertiary alicyclic amines) is 1. The van der Waals surface area contributed by atoms with Gasteiger partial charge in [-0.25, -0.2) is 13.1 Å². The maximum Gasteiger partial charge on any atom is 0.242 e.